The van der Waals surface area contributed by atoms with E-state index in [2.05, 4.69) is 57.2 Å². The molecular formula is C74H138O6. The molecule has 80 heavy (non-hydrogen) atoms. The number of carbonyl (C=O) groups is 3. The number of esters is 3. The van der Waals surface area contributed by atoms with Crippen LogP contribution in [0.15, 0.2) is 36.5 Å². The van der Waals surface area contributed by atoms with Crippen LogP contribution in [0, 0.1) is 0 Å². The van der Waals surface area contributed by atoms with Crippen LogP contribution >= 0.6 is 0 Å². The van der Waals surface area contributed by atoms with Gasteiger partial charge in [-0.05, 0) is 70.6 Å². The predicted octanol–water partition coefficient (Wildman–Crippen LogP) is 24.7. The second-order valence-corrected chi connectivity index (χ2v) is 24.5. The second-order valence-electron chi connectivity index (χ2n) is 24.5. The molecule has 0 fully saturated rings. The van der Waals surface area contributed by atoms with Gasteiger partial charge in [0.1, 0.15) is 13.2 Å². The van der Waals surface area contributed by atoms with E-state index < -0.39 is 6.10 Å². The fourth-order valence-corrected chi connectivity index (χ4v) is 10.9. The van der Waals surface area contributed by atoms with E-state index in [9.17, 15) is 14.4 Å². The molecular weight excluding hydrogens is 985 g/mol. The number of rotatable bonds is 67. The summed E-state index contributed by atoms with van der Waals surface area (Å²) in [4.78, 5) is 38.4. The molecule has 6 nitrogen and oxygen atoms in total. The maximum atomic E-state index is 13.0. The van der Waals surface area contributed by atoms with Gasteiger partial charge in [0.2, 0.25) is 0 Å². The smallest absolute Gasteiger partial charge is 0.306 e. The minimum Gasteiger partial charge on any atom is -0.462 e. The van der Waals surface area contributed by atoms with E-state index in [1.807, 2.05) is 0 Å². The molecule has 0 N–H and O–H groups in total. The Hall–Kier alpha value is -2.37. The van der Waals surface area contributed by atoms with E-state index in [-0.39, 0.29) is 31.1 Å². The zero-order valence-corrected chi connectivity index (χ0v) is 54.1. The molecule has 0 saturated carbocycles. The lowest BCUT2D eigenvalue weighted by molar-refractivity contribution is -0.167. The highest BCUT2D eigenvalue weighted by Gasteiger charge is 2.19. The Morgan fingerprint density at radius 1 is 0.250 bits per heavy atom. The molecule has 0 rings (SSSR count). The Kier molecular flexibility index (Phi) is 67.1. The molecule has 1 unspecified atom stereocenters. The maximum Gasteiger partial charge on any atom is 0.306 e. The van der Waals surface area contributed by atoms with Crippen molar-refractivity contribution >= 4 is 17.9 Å². The Morgan fingerprint density at radius 3 is 0.738 bits per heavy atom. The van der Waals surface area contributed by atoms with Crippen LogP contribution in [0.3, 0.4) is 0 Å². The molecule has 0 bridgehead atoms. The van der Waals surface area contributed by atoms with Gasteiger partial charge in [0.25, 0.3) is 0 Å². The van der Waals surface area contributed by atoms with Crippen molar-refractivity contribution in [3.63, 3.8) is 0 Å². The number of carbonyl (C=O) groups excluding carboxylic acids is 3. The molecule has 0 aromatic carbocycles. The number of hydrogen-bond acceptors (Lipinski definition) is 6. The van der Waals surface area contributed by atoms with Gasteiger partial charge < -0.3 is 14.2 Å². The summed E-state index contributed by atoms with van der Waals surface area (Å²) in [7, 11) is 0. The maximum absolute atomic E-state index is 13.0. The minimum atomic E-state index is -0.776. The lowest BCUT2D eigenvalue weighted by Crippen LogP contribution is -2.30. The van der Waals surface area contributed by atoms with Gasteiger partial charge >= 0.3 is 17.9 Å². The van der Waals surface area contributed by atoms with Gasteiger partial charge in [-0.2, -0.15) is 0 Å². The molecule has 0 aliphatic rings. The summed E-state index contributed by atoms with van der Waals surface area (Å²) < 4.78 is 17.0. The van der Waals surface area contributed by atoms with Crippen LogP contribution in [0.4, 0.5) is 0 Å². The Bertz CT molecular complexity index is 1340. The summed E-state index contributed by atoms with van der Waals surface area (Å²) in [6, 6.07) is 0. The summed E-state index contributed by atoms with van der Waals surface area (Å²) in [6.45, 7) is 6.67. The lowest BCUT2D eigenvalue weighted by Gasteiger charge is -2.18. The molecule has 0 heterocycles. The lowest BCUT2D eigenvalue weighted by atomic mass is 10.0. The summed E-state index contributed by atoms with van der Waals surface area (Å²) >= 11 is 0. The normalized spacial score (nSPS) is 12.2. The Balaban J connectivity index is 4.22. The zero-order chi connectivity index (χ0) is 57.8. The van der Waals surface area contributed by atoms with E-state index in [0.29, 0.717) is 19.3 Å². The SMILES string of the molecule is CCCC/C=C\C/C=C\CCCCCCCC(=O)OCC(COC(=O)CCCCCCCCCCCCCCCCC/C=C\CCCCCCCCCC)OC(=O)CCCCCCCCCCCCCCCCCCCCCCC. The first-order valence-electron chi connectivity index (χ1n) is 36.0. The van der Waals surface area contributed by atoms with Crippen LogP contribution in [0.2, 0.25) is 0 Å². The van der Waals surface area contributed by atoms with Crippen LogP contribution in [0.25, 0.3) is 0 Å². The number of hydrogen-bond donors (Lipinski definition) is 0. The van der Waals surface area contributed by atoms with Crippen LogP contribution in [-0.4, -0.2) is 37.2 Å². The molecule has 0 spiro atoms. The van der Waals surface area contributed by atoms with Gasteiger partial charge in [0.05, 0.1) is 0 Å². The largest absolute Gasteiger partial charge is 0.462 e. The molecule has 0 aliphatic carbocycles. The van der Waals surface area contributed by atoms with Gasteiger partial charge in [-0.15, -0.1) is 0 Å². The quantitative estimate of drug-likeness (QED) is 0.0261. The third-order valence-electron chi connectivity index (χ3n) is 16.4. The second kappa shape index (κ2) is 69.1. The molecule has 0 amide bonds. The van der Waals surface area contributed by atoms with E-state index in [0.717, 1.165) is 77.0 Å². The molecule has 0 aliphatic heterocycles. The highest BCUT2D eigenvalue weighted by molar-refractivity contribution is 5.71. The average molecular weight is 1120 g/mol. The van der Waals surface area contributed by atoms with Crippen LogP contribution in [0.1, 0.15) is 400 Å². The van der Waals surface area contributed by atoms with Crippen molar-refractivity contribution in [2.75, 3.05) is 13.2 Å². The number of ether oxygens (including phenoxy) is 3. The molecule has 470 valence electrons. The van der Waals surface area contributed by atoms with Crippen LogP contribution in [-0.2, 0) is 28.6 Å². The van der Waals surface area contributed by atoms with Gasteiger partial charge in [0, 0.05) is 19.3 Å². The van der Waals surface area contributed by atoms with Gasteiger partial charge in [-0.3, -0.25) is 14.4 Å². The first-order chi connectivity index (χ1) is 39.5. The third kappa shape index (κ3) is 66.4. The fourth-order valence-electron chi connectivity index (χ4n) is 10.9. The van der Waals surface area contributed by atoms with E-state index >= 15 is 0 Å². The average Bonchev–Trinajstić information content (AvgIpc) is 3.46. The monoisotopic (exact) mass is 1120 g/mol. The standard InChI is InChI=1S/C74H138O6/c1-4-7-10-13-16-19-22-25-28-30-32-34-35-36-37-38-39-41-42-44-46-49-52-55-58-61-64-67-73(76)79-70-71(69-78-72(75)66-63-60-57-54-51-48-27-24-21-18-15-12-9-6-3)80-74(77)68-65-62-59-56-53-50-47-45-43-40-33-31-29-26-23-20-17-14-11-8-5-2/h15,18,24,27,30,32,71H,4-14,16-17,19-23,25-26,28-29,31,33-70H2,1-3H3/b18-15-,27-24-,32-30-. The van der Waals surface area contributed by atoms with Gasteiger partial charge in [-0.1, -0.05) is 346 Å². The number of allylic oxidation sites excluding steroid dienone is 6. The summed E-state index contributed by atoms with van der Waals surface area (Å²) in [5.74, 6) is -0.856. The van der Waals surface area contributed by atoms with Crippen LogP contribution < -0.4 is 0 Å². The van der Waals surface area contributed by atoms with Crippen molar-refractivity contribution < 1.29 is 28.6 Å². The number of unbranched alkanes of at least 4 members (excludes halogenated alkanes) is 50. The highest BCUT2D eigenvalue weighted by atomic mass is 16.6. The minimum absolute atomic E-state index is 0.0714. The van der Waals surface area contributed by atoms with E-state index in [1.54, 1.807) is 0 Å². The first-order valence-corrected chi connectivity index (χ1v) is 36.0. The summed E-state index contributed by atoms with van der Waals surface area (Å²) in [6.07, 6.45) is 86.1. The Labute approximate surface area is 499 Å². The van der Waals surface area contributed by atoms with Crippen molar-refractivity contribution in [1.29, 1.82) is 0 Å². The van der Waals surface area contributed by atoms with Crippen molar-refractivity contribution in [2.24, 2.45) is 0 Å². The fraction of sp³-hybridized carbons (Fsp3) is 0.878. The van der Waals surface area contributed by atoms with Crippen LogP contribution in [0.5, 0.6) is 0 Å². The van der Waals surface area contributed by atoms with Gasteiger partial charge in [0.15, 0.2) is 6.10 Å². The van der Waals surface area contributed by atoms with E-state index in [4.69, 9.17) is 14.2 Å². The third-order valence-corrected chi connectivity index (χ3v) is 16.4. The van der Waals surface area contributed by atoms with E-state index in [1.165, 1.54) is 283 Å². The van der Waals surface area contributed by atoms with Gasteiger partial charge in [-0.25, -0.2) is 0 Å². The van der Waals surface area contributed by atoms with Crippen molar-refractivity contribution in [3.8, 4) is 0 Å². The molecule has 0 aromatic heterocycles. The highest BCUT2D eigenvalue weighted by Crippen LogP contribution is 2.19. The summed E-state index contributed by atoms with van der Waals surface area (Å²) in [5.41, 5.74) is 0. The molecule has 0 radical (unpaired) electrons. The Morgan fingerprint density at radius 2 is 0.463 bits per heavy atom. The molecule has 6 heteroatoms. The topological polar surface area (TPSA) is 78.9 Å². The first kappa shape index (κ1) is 77.6. The predicted molar refractivity (Wildman–Crippen MR) is 349 cm³/mol. The van der Waals surface area contributed by atoms with Crippen molar-refractivity contribution in [2.45, 2.75) is 406 Å². The molecule has 1 atom stereocenters. The van der Waals surface area contributed by atoms with Crippen molar-refractivity contribution in [1.82, 2.24) is 0 Å². The summed E-state index contributed by atoms with van der Waals surface area (Å²) in [5, 5.41) is 0. The molecule has 0 saturated heterocycles. The molecule has 0 aromatic rings. The zero-order valence-electron chi connectivity index (χ0n) is 54.1. The van der Waals surface area contributed by atoms with Crippen molar-refractivity contribution in [3.05, 3.63) is 36.5 Å².